The van der Waals surface area contributed by atoms with Crippen LogP contribution in [-0.4, -0.2) is 9.97 Å². The fourth-order valence-electron chi connectivity index (χ4n) is 0.949. The van der Waals surface area contributed by atoms with Crippen LogP contribution in [0.4, 0.5) is 8.78 Å². The Morgan fingerprint density at radius 1 is 1.36 bits per heavy atom. The molecule has 0 spiro atoms. The number of pyridine rings is 1. The summed E-state index contributed by atoms with van der Waals surface area (Å²) in [4.78, 5) is 6.11. The van der Waals surface area contributed by atoms with Crippen LogP contribution in [0.3, 0.4) is 0 Å². The number of nitrogens with one attached hydrogen (secondary N) is 1. The quantitative estimate of drug-likeness (QED) is 0.616. The maximum absolute atomic E-state index is 12.7. The molecule has 11 heavy (non-hydrogen) atoms. The Bertz CT molecular complexity index is 394. The number of rotatable bonds is 0. The average Bonchev–Trinajstić information content (AvgIpc) is 2.32. The van der Waals surface area contributed by atoms with Crippen molar-refractivity contribution in [1.29, 1.82) is 0 Å². The van der Waals surface area contributed by atoms with E-state index >= 15 is 0 Å². The highest BCUT2D eigenvalue weighted by Crippen LogP contribution is 2.13. The van der Waals surface area contributed by atoms with Crippen LogP contribution in [0.1, 0.15) is 0 Å². The summed E-state index contributed by atoms with van der Waals surface area (Å²) < 4.78 is 25.1. The van der Waals surface area contributed by atoms with Crippen LogP contribution in [0.15, 0.2) is 18.5 Å². The summed E-state index contributed by atoms with van der Waals surface area (Å²) in [6.07, 6.45) is 2.14. The fourth-order valence-corrected chi connectivity index (χ4v) is 0.949. The molecule has 0 fully saturated rings. The van der Waals surface area contributed by atoms with Gasteiger partial charge < -0.3 is 4.98 Å². The molecule has 0 amide bonds. The Kier molecular flexibility index (Phi) is 1.15. The molecule has 2 rings (SSSR count). The lowest BCUT2D eigenvalue weighted by atomic mass is 10.4. The van der Waals surface area contributed by atoms with Gasteiger partial charge in [-0.1, -0.05) is 0 Å². The zero-order chi connectivity index (χ0) is 7.84. The number of aromatic nitrogens is 2. The first-order valence-electron chi connectivity index (χ1n) is 3.05. The van der Waals surface area contributed by atoms with Crippen LogP contribution < -0.4 is 0 Å². The molecule has 0 radical (unpaired) electrons. The number of H-pyrrole nitrogens is 1. The number of halogens is 2. The molecule has 56 valence electrons. The molecule has 0 saturated heterocycles. The smallest absolute Gasteiger partial charge is 0.166 e. The molecule has 0 aliphatic rings. The van der Waals surface area contributed by atoms with Gasteiger partial charge in [-0.2, -0.15) is 0 Å². The molecule has 2 nitrogen and oxygen atoms in total. The van der Waals surface area contributed by atoms with Gasteiger partial charge >= 0.3 is 0 Å². The van der Waals surface area contributed by atoms with Crippen molar-refractivity contribution in [3.8, 4) is 0 Å². The lowest BCUT2D eigenvalue weighted by Crippen LogP contribution is -1.79. The van der Waals surface area contributed by atoms with Gasteiger partial charge in [0.15, 0.2) is 5.82 Å². The van der Waals surface area contributed by atoms with Gasteiger partial charge in [-0.25, -0.2) is 13.8 Å². The van der Waals surface area contributed by atoms with E-state index in [1.54, 1.807) is 0 Å². The second-order valence-electron chi connectivity index (χ2n) is 2.19. The molecule has 0 saturated carbocycles. The number of aromatic amines is 1. The molecule has 2 heterocycles. The summed E-state index contributed by atoms with van der Waals surface area (Å²) in [5, 5.41) is 0. The van der Waals surface area contributed by atoms with E-state index in [-0.39, 0.29) is 5.52 Å². The van der Waals surface area contributed by atoms with E-state index < -0.39 is 11.6 Å². The first-order chi connectivity index (χ1) is 5.27. The molecule has 2 aromatic rings. The third-order valence-corrected chi connectivity index (χ3v) is 1.43. The highest BCUT2D eigenvalue weighted by Gasteiger charge is 2.03. The highest BCUT2D eigenvalue weighted by molar-refractivity contribution is 5.75. The largest absolute Gasteiger partial charge is 0.357 e. The summed E-state index contributed by atoms with van der Waals surface area (Å²) >= 11 is 0. The molecule has 0 unspecified atom stereocenters. The zero-order valence-corrected chi connectivity index (χ0v) is 5.44. The molecule has 0 atom stereocenters. The molecule has 2 aromatic heterocycles. The van der Waals surface area contributed by atoms with E-state index in [1.807, 2.05) is 0 Å². The van der Waals surface area contributed by atoms with Gasteiger partial charge in [-0.3, -0.25) is 0 Å². The molecule has 0 bridgehead atoms. The number of hydrogen-bond acceptors (Lipinski definition) is 1. The molecule has 1 N–H and O–H groups in total. The predicted octanol–water partition coefficient (Wildman–Crippen LogP) is 1.84. The van der Waals surface area contributed by atoms with Crippen LogP contribution in [0.25, 0.3) is 11.0 Å². The van der Waals surface area contributed by atoms with Gasteiger partial charge in [0.2, 0.25) is 0 Å². The second kappa shape index (κ2) is 2.02. The Labute approximate surface area is 60.9 Å². The van der Waals surface area contributed by atoms with Crippen molar-refractivity contribution in [2.45, 2.75) is 0 Å². The topological polar surface area (TPSA) is 28.7 Å². The molecule has 0 aliphatic heterocycles. The minimum absolute atomic E-state index is 0.173. The predicted molar refractivity (Wildman–Crippen MR) is 36.0 cm³/mol. The van der Waals surface area contributed by atoms with Crippen molar-refractivity contribution in [3.63, 3.8) is 0 Å². The van der Waals surface area contributed by atoms with E-state index in [0.717, 1.165) is 12.4 Å². The molecular formula is C7H4F2N2. The second-order valence-corrected chi connectivity index (χ2v) is 2.19. The Hall–Kier alpha value is -1.45. The molecule has 0 aliphatic carbocycles. The lowest BCUT2D eigenvalue weighted by Gasteiger charge is -1.87. The van der Waals surface area contributed by atoms with Crippen LogP contribution in [-0.2, 0) is 0 Å². The Morgan fingerprint density at radius 3 is 3.00 bits per heavy atom. The van der Waals surface area contributed by atoms with Crippen LogP contribution >= 0.6 is 0 Å². The standard InChI is InChI=1S/C7H4F2N2/c8-4-1-6-7(11-2-4)5(9)3-10-6/h1-3,10H. The Morgan fingerprint density at radius 2 is 2.18 bits per heavy atom. The van der Waals surface area contributed by atoms with E-state index in [0.29, 0.717) is 5.52 Å². The third kappa shape index (κ3) is 0.869. The maximum atomic E-state index is 12.7. The van der Waals surface area contributed by atoms with Gasteiger partial charge in [-0.15, -0.1) is 0 Å². The molecule has 0 aromatic carbocycles. The SMILES string of the molecule is Fc1cnc2c(F)c[nH]c2c1. The first kappa shape index (κ1) is 6.27. The van der Waals surface area contributed by atoms with Crippen molar-refractivity contribution < 1.29 is 8.78 Å². The Balaban J connectivity index is 2.86. The average molecular weight is 154 g/mol. The van der Waals surface area contributed by atoms with Crippen LogP contribution in [0.5, 0.6) is 0 Å². The third-order valence-electron chi connectivity index (χ3n) is 1.43. The van der Waals surface area contributed by atoms with Crippen molar-refractivity contribution in [1.82, 2.24) is 9.97 Å². The van der Waals surface area contributed by atoms with Crippen LogP contribution in [0, 0.1) is 11.6 Å². The lowest BCUT2D eigenvalue weighted by molar-refractivity contribution is 0.621. The minimum Gasteiger partial charge on any atom is -0.357 e. The fraction of sp³-hybridized carbons (Fsp3) is 0. The number of fused-ring (bicyclic) bond motifs is 1. The van der Waals surface area contributed by atoms with E-state index in [9.17, 15) is 8.78 Å². The normalized spacial score (nSPS) is 10.7. The number of hydrogen-bond donors (Lipinski definition) is 1. The van der Waals surface area contributed by atoms with Crippen molar-refractivity contribution >= 4 is 11.0 Å². The van der Waals surface area contributed by atoms with E-state index in [1.165, 1.54) is 6.07 Å². The van der Waals surface area contributed by atoms with Gasteiger partial charge in [0.1, 0.15) is 11.3 Å². The first-order valence-corrected chi connectivity index (χ1v) is 3.05. The van der Waals surface area contributed by atoms with Crippen molar-refractivity contribution in [2.75, 3.05) is 0 Å². The van der Waals surface area contributed by atoms with Gasteiger partial charge in [0, 0.05) is 12.3 Å². The van der Waals surface area contributed by atoms with Crippen molar-refractivity contribution in [2.24, 2.45) is 0 Å². The summed E-state index contributed by atoms with van der Waals surface area (Å²) in [5.74, 6) is -0.931. The monoisotopic (exact) mass is 154 g/mol. The molecular weight excluding hydrogens is 150 g/mol. The van der Waals surface area contributed by atoms with E-state index in [2.05, 4.69) is 9.97 Å². The summed E-state index contributed by atoms with van der Waals surface area (Å²) in [7, 11) is 0. The maximum Gasteiger partial charge on any atom is 0.166 e. The summed E-state index contributed by atoms with van der Waals surface area (Å²) in [6, 6.07) is 1.20. The summed E-state index contributed by atoms with van der Waals surface area (Å²) in [6.45, 7) is 0. The zero-order valence-electron chi connectivity index (χ0n) is 5.44. The van der Waals surface area contributed by atoms with Gasteiger partial charge in [0.25, 0.3) is 0 Å². The minimum atomic E-state index is -0.473. The number of nitrogens with zero attached hydrogens (tertiary/aromatic N) is 1. The van der Waals surface area contributed by atoms with Crippen molar-refractivity contribution in [3.05, 3.63) is 30.1 Å². The van der Waals surface area contributed by atoms with Crippen LogP contribution in [0.2, 0.25) is 0 Å². The van der Waals surface area contributed by atoms with Gasteiger partial charge in [0.05, 0.1) is 11.7 Å². The summed E-state index contributed by atoms with van der Waals surface area (Å²) in [5.41, 5.74) is 0.550. The molecule has 4 heteroatoms. The van der Waals surface area contributed by atoms with E-state index in [4.69, 9.17) is 0 Å². The van der Waals surface area contributed by atoms with Gasteiger partial charge in [-0.05, 0) is 0 Å². The highest BCUT2D eigenvalue weighted by atomic mass is 19.1.